The number of fused-ring (bicyclic) bond motifs is 1. The van der Waals surface area contributed by atoms with Crippen molar-refractivity contribution in [1.82, 2.24) is 9.55 Å². The number of hydrogen-bond donors (Lipinski definition) is 0. The highest BCUT2D eigenvalue weighted by molar-refractivity contribution is 7.17. The van der Waals surface area contributed by atoms with Crippen molar-refractivity contribution in [3.63, 3.8) is 0 Å². The van der Waals surface area contributed by atoms with Crippen LogP contribution in [-0.4, -0.2) is 9.55 Å². The van der Waals surface area contributed by atoms with E-state index in [0.29, 0.717) is 16.8 Å². The zero-order valence-corrected chi connectivity index (χ0v) is 14.4. The van der Waals surface area contributed by atoms with E-state index in [2.05, 4.69) is 4.98 Å². The number of thiophene rings is 1. The summed E-state index contributed by atoms with van der Waals surface area (Å²) < 4.78 is 15.5. The van der Waals surface area contributed by atoms with Crippen molar-refractivity contribution < 1.29 is 4.39 Å². The molecule has 0 aliphatic heterocycles. The van der Waals surface area contributed by atoms with Crippen molar-refractivity contribution in [2.24, 2.45) is 0 Å². The average Bonchev–Trinajstić information content (AvgIpc) is 3.03. The van der Waals surface area contributed by atoms with Gasteiger partial charge in [-0.15, -0.1) is 11.3 Å². The molecule has 0 aliphatic rings. The number of aryl methyl sites for hydroxylation is 1. The van der Waals surface area contributed by atoms with Crippen molar-refractivity contribution in [1.29, 1.82) is 0 Å². The van der Waals surface area contributed by atoms with E-state index in [4.69, 9.17) is 0 Å². The SMILES string of the molecule is Cc1ccc(-c2csc3c(=O)n(Cc4cccc(F)c4)cnc23)cc1. The van der Waals surface area contributed by atoms with Crippen molar-refractivity contribution in [3.05, 3.63) is 87.5 Å². The molecule has 0 amide bonds. The second kappa shape index (κ2) is 6.26. The molecule has 0 atom stereocenters. The molecule has 2 aromatic carbocycles. The molecule has 0 bridgehead atoms. The fraction of sp³-hybridized carbons (Fsp3) is 0.100. The van der Waals surface area contributed by atoms with E-state index in [-0.39, 0.29) is 11.4 Å². The first kappa shape index (κ1) is 15.7. The number of aromatic nitrogens is 2. The Hall–Kier alpha value is -2.79. The largest absolute Gasteiger partial charge is 0.294 e. The highest BCUT2D eigenvalue weighted by Crippen LogP contribution is 2.30. The molecule has 0 unspecified atom stereocenters. The normalized spacial score (nSPS) is 11.1. The van der Waals surface area contributed by atoms with Crippen LogP contribution in [0.4, 0.5) is 4.39 Å². The van der Waals surface area contributed by atoms with E-state index < -0.39 is 0 Å². The number of benzene rings is 2. The number of rotatable bonds is 3. The maximum atomic E-state index is 13.3. The minimum absolute atomic E-state index is 0.0994. The summed E-state index contributed by atoms with van der Waals surface area (Å²) in [4.78, 5) is 17.3. The van der Waals surface area contributed by atoms with Gasteiger partial charge in [0, 0.05) is 10.9 Å². The first-order chi connectivity index (χ1) is 12.1. The summed E-state index contributed by atoms with van der Waals surface area (Å²) in [5, 5.41) is 1.97. The molecule has 2 aromatic heterocycles. The predicted octanol–water partition coefficient (Wildman–Crippen LogP) is 4.62. The van der Waals surface area contributed by atoms with Crippen molar-refractivity contribution in [2.75, 3.05) is 0 Å². The molecule has 0 saturated carbocycles. The van der Waals surface area contributed by atoms with Crippen LogP contribution in [0.1, 0.15) is 11.1 Å². The Morgan fingerprint density at radius 3 is 2.72 bits per heavy atom. The summed E-state index contributed by atoms with van der Waals surface area (Å²) in [6.07, 6.45) is 1.54. The van der Waals surface area contributed by atoms with Gasteiger partial charge in [-0.25, -0.2) is 9.37 Å². The summed E-state index contributed by atoms with van der Waals surface area (Å²) in [5.41, 5.74) is 4.56. The summed E-state index contributed by atoms with van der Waals surface area (Å²) in [6.45, 7) is 2.34. The van der Waals surface area contributed by atoms with Gasteiger partial charge in [-0.2, -0.15) is 0 Å². The molecule has 124 valence electrons. The summed E-state index contributed by atoms with van der Waals surface area (Å²) in [6, 6.07) is 14.4. The lowest BCUT2D eigenvalue weighted by molar-refractivity contribution is 0.622. The van der Waals surface area contributed by atoms with Gasteiger partial charge in [-0.05, 0) is 30.2 Å². The molecule has 4 rings (SSSR count). The number of halogens is 1. The quantitative estimate of drug-likeness (QED) is 0.540. The molecule has 0 N–H and O–H groups in total. The fourth-order valence-electron chi connectivity index (χ4n) is 2.82. The van der Waals surface area contributed by atoms with Crippen LogP contribution in [0.3, 0.4) is 0 Å². The Labute approximate surface area is 148 Å². The molecule has 3 nitrogen and oxygen atoms in total. The third-order valence-electron chi connectivity index (χ3n) is 4.15. The number of hydrogen-bond acceptors (Lipinski definition) is 3. The van der Waals surface area contributed by atoms with Crippen LogP contribution in [0.15, 0.2) is 65.0 Å². The molecule has 2 heterocycles. The molecule has 0 fully saturated rings. The van der Waals surface area contributed by atoms with E-state index in [1.165, 1.54) is 33.6 Å². The Morgan fingerprint density at radius 2 is 1.96 bits per heavy atom. The third kappa shape index (κ3) is 2.98. The Kier molecular flexibility index (Phi) is 3.93. The van der Waals surface area contributed by atoms with Gasteiger partial charge in [0.1, 0.15) is 10.5 Å². The molecule has 5 heteroatoms. The topological polar surface area (TPSA) is 34.9 Å². The minimum Gasteiger partial charge on any atom is -0.294 e. The maximum absolute atomic E-state index is 13.3. The van der Waals surface area contributed by atoms with E-state index in [1.807, 2.05) is 36.6 Å². The van der Waals surface area contributed by atoms with E-state index in [1.54, 1.807) is 18.5 Å². The Morgan fingerprint density at radius 1 is 1.16 bits per heavy atom. The van der Waals surface area contributed by atoms with Gasteiger partial charge in [0.2, 0.25) is 0 Å². The Balaban J connectivity index is 1.77. The van der Waals surface area contributed by atoms with Gasteiger partial charge in [0.15, 0.2) is 0 Å². The summed E-state index contributed by atoms with van der Waals surface area (Å²) in [7, 11) is 0. The molecular weight excluding hydrogens is 335 g/mol. The molecule has 0 radical (unpaired) electrons. The van der Waals surface area contributed by atoms with Crippen LogP contribution in [0, 0.1) is 12.7 Å². The highest BCUT2D eigenvalue weighted by Gasteiger charge is 2.12. The minimum atomic E-state index is -0.308. The maximum Gasteiger partial charge on any atom is 0.271 e. The standard InChI is InChI=1S/C20H15FN2OS/c1-13-5-7-15(8-6-13)17-11-25-19-18(17)22-12-23(20(19)24)10-14-3-2-4-16(21)9-14/h2-9,11-12H,10H2,1H3. The number of nitrogens with zero attached hydrogens (tertiary/aromatic N) is 2. The van der Waals surface area contributed by atoms with Crippen LogP contribution >= 0.6 is 11.3 Å². The van der Waals surface area contributed by atoms with E-state index in [9.17, 15) is 9.18 Å². The molecule has 25 heavy (non-hydrogen) atoms. The van der Waals surface area contributed by atoms with Gasteiger partial charge in [0.25, 0.3) is 5.56 Å². The smallest absolute Gasteiger partial charge is 0.271 e. The van der Waals surface area contributed by atoms with Crippen LogP contribution in [0.25, 0.3) is 21.3 Å². The predicted molar refractivity (Wildman–Crippen MR) is 99.6 cm³/mol. The zero-order valence-electron chi connectivity index (χ0n) is 13.6. The third-order valence-corrected chi connectivity index (χ3v) is 5.11. The van der Waals surface area contributed by atoms with Crippen LogP contribution in [0.5, 0.6) is 0 Å². The summed E-state index contributed by atoms with van der Waals surface area (Å²) in [5.74, 6) is -0.308. The molecule has 0 saturated heterocycles. The Bertz CT molecular complexity index is 1110. The lowest BCUT2D eigenvalue weighted by Crippen LogP contribution is -2.20. The van der Waals surface area contributed by atoms with Crippen molar-refractivity contribution in [2.45, 2.75) is 13.5 Å². The highest BCUT2D eigenvalue weighted by atomic mass is 32.1. The first-order valence-electron chi connectivity index (χ1n) is 7.90. The molecule has 0 aliphatic carbocycles. The zero-order chi connectivity index (χ0) is 17.4. The molecular formula is C20H15FN2OS. The van der Waals surface area contributed by atoms with E-state index in [0.717, 1.165) is 16.7 Å². The average molecular weight is 350 g/mol. The van der Waals surface area contributed by atoms with E-state index >= 15 is 0 Å². The van der Waals surface area contributed by atoms with Crippen LogP contribution < -0.4 is 5.56 Å². The second-order valence-electron chi connectivity index (χ2n) is 6.00. The fourth-order valence-corrected chi connectivity index (χ4v) is 3.80. The van der Waals surface area contributed by atoms with Gasteiger partial charge < -0.3 is 0 Å². The second-order valence-corrected chi connectivity index (χ2v) is 6.88. The first-order valence-corrected chi connectivity index (χ1v) is 8.78. The lowest BCUT2D eigenvalue weighted by Gasteiger charge is -2.06. The van der Waals surface area contributed by atoms with Crippen LogP contribution in [0.2, 0.25) is 0 Å². The van der Waals surface area contributed by atoms with Gasteiger partial charge in [-0.1, -0.05) is 42.0 Å². The monoisotopic (exact) mass is 350 g/mol. The van der Waals surface area contributed by atoms with Crippen molar-refractivity contribution >= 4 is 21.6 Å². The van der Waals surface area contributed by atoms with Crippen molar-refractivity contribution in [3.8, 4) is 11.1 Å². The molecule has 0 spiro atoms. The lowest BCUT2D eigenvalue weighted by atomic mass is 10.1. The molecule has 4 aromatic rings. The van der Waals surface area contributed by atoms with Gasteiger partial charge in [0.05, 0.1) is 18.4 Å². The summed E-state index contributed by atoms with van der Waals surface area (Å²) >= 11 is 1.40. The van der Waals surface area contributed by atoms with Gasteiger partial charge in [-0.3, -0.25) is 9.36 Å². The van der Waals surface area contributed by atoms with Crippen LogP contribution in [-0.2, 0) is 6.54 Å². The van der Waals surface area contributed by atoms with Gasteiger partial charge >= 0.3 is 0 Å².